The summed E-state index contributed by atoms with van der Waals surface area (Å²) in [5.74, 6) is -3.24. The predicted octanol–water partition coefficient (Wildman–Crippen LogP) is 4.86. The largest absolute Gasteiger partial charge is 0.469 e. The molecule has 47 heavy (non-hydrogen) atoms. The highest BCUT2D eigenvalue weighted by Crippen LogP contribution is 2.61. The Labute approximate surface area is 280 Å². The number of carbonyl (C=O) groups is 3. The van der Waals surface area contributed by atoms with Crippen LogP contribution < -0.4 is 5.73 Å². The topological polar surface area (TPSA) is 144 Å². The molecule has 0 aromatic heterocycles. The second-order valence-electron chi connectivity index (χ2n) is 16.5. The molecule has 1 heterocycles. The van der Waals surface area contributed by atoms with E-state index >= 15 is 0 Å². The van der Waals surface area contributed by atoms with E-state index in [0.29, 0.717) is 25.4 Å². The molecule has 264 valence electrons. The minimum atomic E-state index is -1.38. The van der Waals surface area contributed by atoms with E-state index in [9.17, 15) is 19.5 Å². The lowest BCUT2D eigenvalue weighted by molar-refractivity contribution is -0.185. The smallest absolute Gasteiger partial charge is 0.335 e. The summed E-state index contributed by atoms with van der Waals surface area (Å²) in [5, 5.41) is 10.8. The summed E-state index contributed by atoms with van der Waals surface area (Å²) in [6.45, 7) is 16.0. The molecule has 3 saturated carbocycles. The van der Waals surface area contributed by atoms with Crippen molar-refractivity contribution in [2.75, 3.05) is 27.4 Å². The van der Waals surface area contributed by atoms with Crippen LogP contribution in [0, 0.1) is 45.8 Å². The number of hydrogen-bond acceptors (Lipinski definition) is 10. The maximum absolute atomic E-state index is 14.1. The van der Waals surface area contributed by atoms with Crippen LogP contribution in [0.5, 0.6) is 0 Å². The first-order valence-corrected chi connectivity index (χ1v) is 17.4. The summed E-state index contributed by atoms with van der Waals surface area (Å²) < 4.78 is 28.3. The molecular weight excluding hydrogens is 602 g/mol. The number of rotatable bonds is 9. The van der Waals surface area contributed by atoms with Gasteiger partial charge in [-0.25, -0.2) is 4.79 Å². The van der Waals surface area contributed by atoms with Crippen LogP contribution in [0.1, 0.15) is 92.4 Å². The third-order valence-electron chi connectivity index (χ3n) is 13.1. The molecule has 4 fully saturated rings. The van der Waals surface area contributed by atoms with Crippen LogP contribution >= 0.6 is 0 Å². The van der Waals surface area contributed by atoms with Gasteiger partial charge >= 0.3 is 17.9 Å². The number of carbonyl (C=O) groups excluding carboxylic acids is 3. The quantitative estimate of drug-likeness (QED) is 0.200. The summed E-state index contributed by atoms with van der Waals surface area (Å²) >= 11 is 0. The normalized spacial score (nSPS) is 40.5. The molecule has 1 saturated heterocycles. The number of methoxy groups -OCH3 is 2. The molecule has 0 bridgehead atoms. The summed E-state index contributed by atoms with van der Waals surface area (Å²) in [6.07, 6.45) is 5.58. The Balaban J connectivity index is 1.38. The van der Waals surface area contributed by atoms with Crippen molar-refractivity contribution >= 4 is 17.9 Å². The average molecular weight is 660 g/mol. The van der Waals surface area contributed by atoms with E-state index in [0.717, 1.165) is 49.7 Å². The van der Waals surface area contributed by atoms with Gasteiger partial charge in [-0.2, -0.15) is 0 Å². The molecular formula is C37H57NO9. The van der Waals surface area contributed by atoms with Crippen molar-refractivity contribution in [2.45, 2.75) is 116 Å². The van der Waals surface area contributed by atoms with Gasteiger partial charge in [0, 0.05) is 23.8 Å². The summed E-state index contributed by atoms with van der Waals surface area (Å²) in [6, 6.07) is 0. The molecule has 6 unspecified atom stereocenters. The molecule has 0 aromatic rings. The van der Waals surface area contributed by atoms with E-state index in [1.807, 2.05) is 6.92 Å². The van der Waals surface area contributed by atoms with Gasteiger partial charge in [0.2, 0.25) is 0 Å². The number of fused-ring (bicyclic) bond motifs is 4. The average Bonchev–Trinajstić information content (AvgIpc) is 3.37. The van der Waals surface area contributed by atoms with Gasteiger partial charge in [-0.1, -0.05) is 52.3 Å². The van der Waals surface area contributed by atoms with Gasteiger partial charge in [0.1, 0.15) is 12.0 Å². The zero-order chi connectivity index (χ0) is 34.5. The van der Waals surface area contributed by atoms with Crippen LogP contribution in [-0.2, 0) is 38.1 Å². The molecule has 4 aliphatic carbocycles. The predicted molar refractivity (Wildman–Crippen MR) is 174 cm³/mol. The second kappa shape index (κ2) is 13.2. The maximum atomic E-state index is 14.1. The van der Waals surface area contributed by atoms with Crippen molar-refractivity contribution in [1.82, 2.24) is 0 Å². The fraction of sp³-hybridized carbons (Fsp3) is 0.811. The van der Waals surface area contributed by atoms with Crippen LogP contribution in [-0.4, -0.2) is 74.5 Å². The number of aliphatic hydroxyl groups excluding tert-OH is 1. The van der Waals surface area contributed by atoms with Crippen LogP contribution in [0.3, 0.4) is 0 Å². The van der Waals surface area contributed by atoms with E-state index in [2.05, 4.69) is 40.3 Å². The van der Waals surface area contributed by atoms with Crippen LogP contribution in [0.25, 0.3) is 0 Å². The Morgan fingerprint density at radius 3 is 2.45 bits per heavy atom. The van der Waals surface area contributed by atoms with Crippen molar-refractivity contribution < 1.29 is 43.2 Å². The van der Waals surface area contributed by atoms with Gasteiger partial charge in [0.25, 0.3) is 0 Å². The SMILES string of the molecule is C=C1CC[C@H]2C(C)(C)CCCC2(C)C1COC(C(=O)OC)C(CC(=O)OC)C(=O)O[C@@H]1CC2(C)C3C(=CC[C@H]2[C@](C)(N)C1)CO[C@H]3O. The number of nitrogens with two attached hydrogens (primary N) is 1. The summed E-state index contributed by atoms with van der Waals surface area (Å²) in [5.41, 5.74) is 7.95. The Bertz CT molecular complexity index is 1270. The molecule has 0 spiro atoms. The lowest BCUT2D eigenvalue weighted by atomic mass is 9.48. The number of aliphatic hydroxyl groups is 1. The fourth-order valence-corrected chi connectivity index (χ4v) is 10.9. The molecule has 5 aliphatic rings. The lowest BCUT2D eigenvalue weighted by Gasteiger charge is -2.58. The Hall–Kier alpha value is -2.27. The molecule has 10 nitrogen and oxygen atoms in total. The number of hydrogen-bond donors (Lipinski definition) is 2. The van der Waals surface area contributed by atoms with E-state index in [-0.39, 0.29) is 35.2 Å². The van der Waals surface area contributed by atoms with Gasteiger partial charge in [-0.15, -0.1) is 0 Å². The number of esters is 3. The molecule has 0 aromatic carbocycles. The van der Waals surface area contributed by atoms with Gasteiger partial charge in [-0.05, 0) is 79.1 Å². The second-order valence-corrected chi connectivity index (χ2v) is 16.5. The first kappa shape index (κ1) is 36.0. The molecule has 11 atom stereocenters. The third kappa shape index (κ3) is 6.56. The summed E-state index contributed by atoms with van der Waals surface area (Å²) in [7, 11) is 2.48. The highest BCUT2D eigenvalue weighted by Gasteiger charge is 2.60. The van der Waals surface area contributed by atoms with Crippen molar-refractivity contribution in [3.8, 4) is 0 Å². The standard InChI is InChI=1S/C37H57NO9/c1-21-10-12-26-34(2,3)14-9-15-35(26,4)25(21)20-45-30(33(42)44-8)24(16-28(39)43-7)31(40)47-23-17-36(5)27(37(6,38)18-23)13-11-22-19-46-32(41)29(22)36/h11,23-27,29-30,32,41H,1,9-10,12-20,38H2,2-8H3/t23-,24?,25?,26+,27-,29?,30?,32-,35?,36?,37-/m1/s1. The number of ether oxygens (including phenoxy) is 5. The molecule has 0 amide bonds. The first-order chi connectivity index (χ1) is 22.0. The Morgan fingerprint density at radius 2 is 1.77 bits per heavy atom. The number of allylic oxidation sites excluding steroid dienone is 1. The molecule has 0 radical (unpaired) electrons. The zero-order valence-corrected chi connectivity index (χ0v) is 29.5. The fourth-order valence-electron chi connectivity index (χ4n) is 10.9. The minimum absolute atomic E-state index is 0.0236. The van der Waals surface area contributed by atoms with E-state index in [4.69, 9.17) is 29.4 Å². The van der Waals surface area contributed by atoms with Gasteiger partial charge in [-0.3, -0.25) is 9.59 Å². The Morgan fingerprint density at radius 1 is 1.04 bits per heavy atom. The van der Waals surface area contributed by atoms with E-state index in [1.165, 1.54) is 14.2 Å². The van der Waals surface area contributed by atoms with E-state index in [1.54, 1.807) is 0 Å². The minimum Gasteiger partial charge on any atom is -0.469 e. The van der Waals surface area contributed by atoms with Crippen molar-refractivity contribution in [3.05, 3.63) is 23.8 Å². The van der Waals surface area contributed by atoms with Crippen molar-refractivity contribution in [3.63, 3.8) is 0 Å². The summed E-state index contributed by atoms with van der Waals surface area (Å²) in [4.78, 5) is 40.2. The lowest BCUT2D eigenvalue weighted by Crippen LogP contribution is -2.62. The third-order valence-corrected chi connectivity index (χ3v) is 13.1. The van der Waals surface area contributed by atoms with Crippen LogP contribution in [0.4, 0.5) is 0 Å². The molecule has 3 N–H and O–H groups in total. The van der Waals surface area contributed by atoms with Gasteiger partial charge in [0.15, 0.2) is 12.4 Å². The first-order valence-electron chi connectivity index (χ1n) is 17.4. The highest BCUT2D eigenvalue weighted by molar-refractivity contribution is 5.87. The Kier molecular flexibility index (Phi) is 10.1. The van der Waals surface area contributed by atoms with Crippen molar-refractivity contribution in [2.24, 2.45) is 51.6 Å². The van der Waals surface area contributed by atoms with Crippen molar-refractivity contribution in [1.29, 1.82) is 0 Å². The monoisotopic (exact) mass is 659 g/mol. The molecule has 1 aliphatic heterocycles. The molecule has 10 heteroatoms. The van der Waals surface area contributed by atoms with E-state index < -0.39 is 59.7 Å². The van der Waals surface area contributed by atoms with Crippen LogP contribution in [0.15, 0.2) is 23.8 Å². The van der Waals surface area contributed by atoms with Gasteiger partial charge < -0.3 is 34.5 Å². The maximum Gasteiger partial charge on any atom is 0.335 e. The van der Waals surface area contributed by atoms with Crippen LogP contribution in [0.2, 0.25) is 0 Å². The van der Waals surface area contributed by atoms with Gasteiger partial charge in [0.05, 0.1) is 33.9 Å². The molecule has 5 rings (SSSR count). The zero-order valence-electron chi connectivity index (χ0n) is 29.5. The highest BCUT2D eigenvalue weighted by atomic mass is 16.6.